The van der Waals surface area contributed by atoms with E-state index in [1.807, 2.05) is 0 Å². The van der Waals surface area contributed by atoms with E-state index in [1.54, 1.807) is 12.1 Å². The van der Waals surface area contributed by atoms with Crippen LogP contribution in [0.1, 0.15) is 39.5 Å². The van der Waals surface area contributed by atoms with Crippen LogP contribution in [0, 0.1) is 5.41 Å². The molecule has 0 aliphatic heterocycles. The van der Waals surface area contributed by atoms with E-state index in [0.717, 1.165) is 25.7 Å². The Hall–Kier alpha value is -0.590. The summed E-state index contributed by atoms with van der Waals surface area (Å²) >= 11 is 3.27. The Morgan fingerprint density at radius 3 is 2.70 bits per heavy atom. The summed E-state index contributed by atoms with van der Waals surface area (Å²) in [5, 5.41) is 0. The molecule has 1 fully saturated rings. The predicted molar refractivity (Wildman–Crippen MR) is 84.9 cm³/mol. The fourth-order valence-electron chi connectivity index (χ4n) is 2.78. The summed E-state index contributed by atoms with van der Waals surface area (Å²) in [6, 6.07) is 4.72. The molecule has 1 aromatic carbocycles. The van der Waals surface area contributed by atoms with Crippen molar-refractivity contribution in [2.75, 3.05) is 5.73 Å². The lowest BCUT2D eigenvalue weighted by atomic mass is 9.75. The molecule has 20 heavy (non-hydrogen) atoms. The van der Waals surface area contributed by atoms with Crippen LogP contribution in [-0.4, -0.2) is 14.5 Å². The maximum absolute atomic E-state index is 12.4. The Labute approximate surface area is 129 Å². The molecule has 0 amide bonds. The monoisotopic (exact) mass is 360 g/mol. The van der Waals surface area contributed by atoms with Gasteiger partial charge in [-0.1, -0.05) is 20.3 Å². The predicted octanol–water partition coefficient (Wildman–Crippen LogP) is 3.28. The smallest absolute Gasteiger partial charge is 0.240 e. The van der Waals surface area contributed by atoms with Crippen molar-refractivity contribution in [2.24, 2.45) is 5.41 Å². The number of nitrogens with two attached hydrogens (primary N) is 1. The lowest BCUT2D eigenvalue weighted by molar-refractivity contribution is 0.212. The van der Waals surface area contributed by atoms with Crippen LogP contribution in [0.2, 0.25) is 0 Å². The van der Waals surface area contributed by atoms with Gasteiger partial charge in [0, 0.05) is 16.2 Å². The number of anilines is 1. The molecule has 2 rings (SSSR count). The van der Waals surface area contributed by atoms with Gasteiger partial charge in [-0.2, -0.15) is 0 Å². The third kappa shape index (κ3) is 3.74. The van der Waals surface area contributed by atoms with Gasteiger partial charge in [-0.3, -0.25) is 0 Å². The summed E-state index contributed by atoms with van der Waals surface area (Å²) in [7, 11) is -3.50. The van der Waals surface area contributed by atoms with Gasteiger partial charge in [-0.25, -0.2) is 13.1 Å². The van der Waals surface area contributed by atoms with Gasteiger partial charge in [0.05, 0.1) is 4.90 Å². The maximum Gasteiger partial charge on any atom is 0.240 e. The first-order valence-electron chi connectivity index (χ1n) is 6.77. The second-order valence-corrected chi connectivity index (χ2v) is 8.83. The molecule has 0 spiro atoms. The molecule has 1 atom stereocenters. The number of hydrogen-bond acceptors (Lipinski definition) is 3. The lowest BCUT2D eigenvalue weighted by Crippen LogP contribution is -2.40. The highest BCUT2D eigenvalue weighted by atomic mass is 79.9. The molecule has 1 aliphatic carbocycles. The minimum Gasteiger partial charge on any atom is -0.398 e. The minimum atomic E-state index is -3.50. The summed E-state index contributed by atoms with van der Waals surface area (Å²) in [5.41, 5.74) is 6.38. The first kappa shape index (κ1) is 15.8. The summed E-state index contributed by atoms with van der Waals surface area (Å²) < 4.78 is 28.3. The largest absolute Gasteiger partial charge is 0.398 e. The van der Waals surface area contributed by atoms with Gasteiger partial charge >= 0.3 is 0 Å². The summed E-state index contributed by atoms with van der Waals surface area (Å²) in [5.74, 6) is 0. The molecule has 0 bridgehead atoms. The zero-order valence-electron chi connectivity index (χ0n) is 11.8. The highest BCUT2D eigenvalue weighted by molar-refractivity contribution is 9.10. The summed E-state index contributed by atoms with van der Waals surface area (Å²) in [4.78, 5) is 0.224. The van der Waals surface area contributed by atoms with Crippen LogP contribution in [0.15, 0.2) is 27.6 Å². The normalized spacial score (nSPS) is 22.6. The van der Waals surface area contributed by atoms with Crippen LogP contribution >= 0.6 is 15.9 Å². The molecule has 0 saturated heterocycles. The first-order valence-corrected chi connectivity index (χ1v) is 9.05. The van der Waals surface area contributed by atoms with E-state index in [4.69, 9.17) is 5.73 Å². The lowest BCUT2D eigenvalue weighted by Gasteiger charge is -2.35. The van der Waals surface area contributed by atoms with Gasteiger partial charge < -0.3 is 5.73 Å². The van der Waals surface area contributed by atoms with Crippen LogP contribution in [-0.2, 0) is 10.0 Å². The van der Waals surface area contributed by atoms with Crippen molar-refractivity contribution >= 4 is 31.6 Å². The highest BCUT2D eigenvalue weighted by Crippen LogP contribution is 2.35. The van der Waals surface area contributed by atoms with E-state index < -0.39 is 10.0 Å². The maximum atomic E-state index is 12.4. The molecule has 1 saturated carbocycles. The zero-order chi connectivity index (χ0) is 15.0. The molecular weight excluding hydrogens is 340 g/mol. The van der Waals surface area contributed by atoms with E-state index >= 15 is 0 Å². The van der Waals surface area contributed by atoms with Crippen molar-refractivity contribution in [1.82, 2.24) is 4.72 Å². The van der Waals surface area contributed by atoms with Gasteiger partial charge in [-0.15, -0.1) is 0 Å². The molecular formula is C14H21BrN2O2S. The number of benzene rings is 1. The zero-order valence-corrected chi connectivity index (χ0v) is 14.2. The standard InChI is InChI=1S/C14H21BrN2O2S/c1-14(2)7-3-4-10(9-14)17-20(18,19)11-5-6-12(15)13(16)8-11/h5-6,8,10,17H,3-4,7,9,16H2,1-2H3. The van der Waals surface area contributed by atoms with Crippen molar-refractivity contribution < 1.29 is 8.42 Å². The number of nitrogen functional groups attached to an aromatic ring is 1. The van der Waals surface area contributed by atoms with E-state index in [2.05, 4.69) is 34.5 Å². The average Bonchev–Trinajstić information content (AvgIpc) is 2.30. The van der Waals surface area contributed by atoms with Crippen molar-refractivity contribution in [1.29, 1.82) is 0 Å². The van der Waals surface area contributed by atoms with Gasteiger partial charge in [0.15, 0.2) is 0 Å². The average molecular weight is 361 g/mol. The van der Waals surface area contributed by atoms with Gasteiger partial charge in [0.1, 0.15) is 0 Å². The second-order valence-electron chi connectivity index (χ2n) is 6.26. The molecule has 3 N–H and O–H groups in total. The number of nitrogens with one attached hydrogen (secondary N) is 1. The Kier molecular flexibility index (Phi) is 4.47. The van der Waals surface area contributed by atoms with Gasteiger partial charge in [0.25, 0.3) is 0 Å². The van der Waals surface area contributed by atoms with E-state index in [0.29, 0.717) is 10.2 Å². The molecule has 112 valence electrons. The van der Waals surface area contributed by atoms with E-state index in [9.17, 15) is 8.42 Å². The quantitative estimate of drug-likeness (QED) is 0.812. The molecule has 1 aliphatic rings. The molecule has 6 heteroatoms. The topological polar surface area (TPSA) is 72.2 Å². The van der Waals surface area contributed by atoms with Crippen molar-refractivity contribution in [3.63, 3.8) is 0 Å². The van der Waals surface area contributed by atoms with Gasteiger partial charge in [0.2, 0.25) is 10.0 Å². The molecule has 1 aromatic rings. The number of hydrogen-bond donors (Lipinski definition) is 2. The van der Waals surface area contributed by atoms with Crippen molar-refractivity contribution in [3.05, 3.63) is 22.7 Å². The Morgan fingerprint density at radius 1 is 1.40 bits per heavy atom. The van der Waals surface area contributed by atoms with Crippen LogP contribution in [0.4, 0.5) is 5.69 Å². The Morgan fingerprint density at radius 2 is 2.10 bits per heavy atom. The van der Waals surface area contributed by atoms with Crippen LogP contribution < -0.4 is 10.5 Å². The number of halogens is 1. The van der Waals surface area contributed by atoms with Crippen LogP contribution in [0.25, 0.3) is 0 Å². The van der Waals surface area contributed by atoms with Crippen molar-refractivity contribution in [3.8, 4) is 0 Å². The number of rotatable bonds is 3. The Bertz CT molecular complexity index is 599. The molecule has 4 nitrogen and oxygen atoms in total. The fourth-order valence-corrected chi connectivity index (χ4v) is 4.33. The molecule has 0 radical (unpaired) electrons. The summed E-state index contributed by atoms with van der Waals surface area (Å²) in [6.45, 7) is 4.37. The van der Waals surface area contributed by atoms with Crippen molar-refractivity contribution in [2.45, 2.75) is 50.5 Å². The summed E-state index contributed by atoms with van der Waals surface area (Å²) in [6.07, 6.45) is 3.98. The first-order chi connectivity index (χ1) is 9.20. The van der Waals surface area contributed by atoms with Gasteiger partial charge in [-0.05, 0) is 58.8 Å². The second kappa shape index (κ2) is 5.66. The third-order valence-corrected chi connectivity index (χ3v) is 6.05. The third-order valence-electron chi connectivity index (χ3n) is 3.80. The number of sulfonamides is 1. The molecule has 0 aromatic heterocycles. The Balaban J connectivity index is 2.16. The fraction of sp³-hybridized carbons (Fsp3) is 0.571. The van der Waals surface area contributed by atoms with Crippen LogP contribution in [0.3, 0.4) is 0 Å². The molecule has 0 heterocycles. The van der Waals surface area contributed by atoms with E-state index in [-0.39, 0.29) is 16.4 Å². The van der Waals surface area contributed by atoms with Crippen LogP contribution in [0.5, 0.6) is 0 Å². The SMILES string of the molecule is CC1(C)CCCC(NS(=O)(=O)c2ccc(Br)c(N)c2)C1. The highest BCUT2D eigenvalue weighted by Gasteiger charge is 2.30. The minimum absolute atomic E-state index is 0.00798. The molecule has 1 unspecified atom stereocenters. The van der Waals surface area contributed by atoms with E-state index in [1.165, 1.54) is 6.07 Å².